The Hall–Kier alpha value is -2.74. The number of rotatable bonds is 8. The molecular formula is C20H32CuN2O10. The third kappa shape index (κ3) is 17.5. The van der Waals surface area contributed by atoms with Gasteiger partial charge in [0.25, 0.3) is 0 Å². The molecule has 0 aliphatic heterocycles. The van der Waals surface area contributed by atoms with E-state index in [4.69, 9.17) is 10.2 Å². The number of carboxylic acids is 2. The van der Waals surface area contributed by atoms with Crippen molar-refractivity contribution in [1.82, 2.24) is 10.6 Å². The summed E-state index contributed by atoms with van der Waals surface area (Å²) in [5, 5.41) is 44.3. The van der Waals surface area contributed by atoms with Crippen LogP contribution in [0.4, 0.5) is 0 Å². The molecule has 0 heterocycles. The smallest absolute Gasteiger partial charge is 0.548 e. The number of aromatic hydroxyl groups is 2. The molecule has 2 atom stereocenters. The Kier molecular flexibility index (Phi) is 26.0. The van der Waals surface area contributed by atoms with Crippen molar-refractivity contribution in [2.75, 3.05) is 0 Å². The first-order valence-corrected chi connectivity index (χ1v) is 8.63. The predicted molar refractivity (Wildman–Crippen MR) is 113 cm³/mol. The van der Waals surface area contributed by atoms with Crippen molar-refractivity contribution in [3.63, 3.8) is 0 Å². The number of carboxylic acid groups (broad SMARTS) is 2. The average Bonchev–Trinajstić information content (AvgIpc) is 2.67. The number of benzene rings is 2. The zero-order valence-electron chi connectivity index (χ0n) is 18.0. The molecule has 0 aliphatic rings. The van der Waals surface area contributed by atoms with E-state index in [0.717, 1.165) is 11.1 Å². The molecule has 0 aliphatic carbocycles. The van der Waals surface area contributed by atoms with E-state index in [1.54, 1.807) is 48.5 Å². The summed E-state index contributed by atoms with van der Waals surface area (Å²) >= 11 is 0. The van der Waals surface area contributed by atoms with Crippen LogP contribution in [-0.4, -0.2) is 56.1 Å². The maximum Gasteiger partial charge on any atom is 2.00 e. The maximum absolute atomic E-state index is 10.4. The van der Waals surface area contributed by atoms with E-state index in [1.165, 1.54) is 13.8 Å². The number of phenolic OH excluding ortho intramolecular Hbond substituents is 2. The topological polar surface area (TPSA) is 271 Å². The molecule has 12 nitrogen and oxygen atoms in total. The van der Waals surface area contributed by atoms with Gasteiger partial charge in [0.1, 0.15) is 11.5 Å². The molecule has 0 bridgehead atoms. The predicted octanol–water partition coefficient (Wildman–Crippen LogP) is -4.06. The third-order valence-corrected chi connectivity index (χ3v) is 3.80. The summed E-state index contributed by atoms with van der Waals surface area (Å²) in [7, 11) is 0. The van der Waals surface area contributed by atoms with E-state index < -0.39 is 24.0 Å². The minimum atomic E-state index is -1.12. The van der Waals surface area contributed by atoms with Crippen molar-refractivity contribution in [2.24, 2.45) is 0 Å². The van der Waals surface area contributed by atoms with E-state index in [9.17, 15) is 19.8 Å². The first-order valence-electron chi connectivity index (χ1n) is 8.63. The van der Waals surface area contributed by atoms with Crippen molar-refractivity contribution >= 4 is 11.9 Å². The van der Waals surface area contributed by atoms with Crippen LogP contribution in [0.15, 0.2) is 48.5 Å². The Morgan fingerprint density at radius 1 is 0.697 bits per heavy atom. The van der Waals surface area contributed by atoms with Gasteiger partial charge >= 0.3 is 17.1 Å². The minimum Gasteiger partial charge on any atom is -0.548 e. The van der Waals surface area contributed by atoms with Gasteiger partial charge in [-0.3, -0.25) is 0 Å². The number of nitrogens with one attached hydrogen (secondary N) is 2. The molecular weight excluding hydrogens is 492 g/mol. The summed E-state index contributed by atoms with van der Waals surface area (Å²) in [6, 6.07) is 11.8. The van der Waals surface area contributed by atoms with Crippen molar-refractivity contribution in [1.29, 1.82) is 0 Å². The number of hydrogen-bond donors (Lipinski definition) is 4. The van der Waals surface area contributed by atoms with Gasteiger partial charge in [0.2, 0.25) is 0 Å². The number of aliphatic carboxylic acids is 2. The molecule has 0 spiro atoms. The van der Waals surface area contributed by atoms with Crippen LogP contribution >= 0.6 is 0 Å². The standard InChI is InChI=1S/2C10H13NO3.Cu.4H2O/c2*1-7(10(13)14)11-6-8-2-4-9(12)5-3-8;;;;;/h2*2-5,7,11-12H,6H2,1H3,(H,13,14);;4*1H2/q;;+2;;;;/p-2/t2*7-;;;;;/m10...../s1. The summed E-state index contributed by atoms with van der Waals surface area (Å²) in [6.45, 7) is 3.93. The van der Waals surface area contributed by atoms with Crippen LogP contribution in [0.5, 0.6) is 11.5 Å². The largest absolute Gasteiger partial charge is 2.00 e. The SMILES string of the molecule is C[C@@H](NCc1ccc(O)cc1)C(=O)[O-].C[C@H](NCc1ccc(O)cc1)C(=O)[O-].O.O.O.O.[Cu+2]. The Morgan fingerprint density at radius 2 is 0.939 bits per heavy atom. The Labute approximate surface area is 202 Å². The van der Waals surface area contributed by atoms with Crippen LogP contribution < -0.4 is 20.8 Å². The van der Waals surface area contributed by atoms with Crippen LogP contribution in [-0.2, 0) is 39.7 Å². The second kappa shape index (κ2) is 21.1. The number of phenols is 2. The van der Waals surface area contributed by atoms with E-state index in [0.29, 0.717) is 13.1 Å². The molecule has 33 heavy (non-hydrogen) atoms. The summed E-state index contributed by atoms with van der Waals surface area (Å²) in [5.41, 5.74) is 1.83. The molecule has 2 aromatic rings. The molecule has 2 aromatic carbocycles. The molecule has 0 saturated carbocycles. The zero-order valence-corrected chi connectivity index (χ0v) is 19.0. The van der Waals surface area contributed by atoms with Gasteiger partial charge < -0.3 is 62.6 Å². The van der Waals surface area contributed by atoms with Gasteiger partial charge in [0, 0.05) is 25.2 Å². The molecule has 0 fully saturated rings. The molecule has 0 amide bonds. The number of carbonyl (C=O) groups excluding carboxylic acids is 2. The third-order valence-electron chi connectivity index (χ3n) is 3.80. The summed E-state index contributed by atoms with van der Waals surface area (Å²) < 4.78 is 0. The minimum absolute atomic E-state index is 0. The van der Waals surface area contributed by atoms with Gasteiger partial charge in [-0.15, -0.1) is 0 Å². The Morgan fingerprint density at radius 3 is 1.15 bits per heavy atom. The summed E-state index contributed by atoms with van der Waals surface area (Å²) in [6.07, 6.45) is 0. The normalized spacial score (nSPS) is 10.5. The average molecular weight is 524 g/mol. The molecule has 0 aromatic heterocycles. The molecule has 12 N–H and O–H groups in total. The Balaban J connectivity index is -0.000000138. The van der Waals surface area contributed by atoms with Gasteiger partial charge in [0.15, 0.2) is 0 Å². The quantitative estimate of drug-likeness (QED) is 0.246. The van der Waals surface area contributed by atoms with Crippen LogP contribution in [0.3, 0.4) is 0 Å². The zero-order chi connectivity index (χ0) is 21.1. The van der Waals surface area contributed by atoms with Crippen molar-refractivity contribution in [3.05, 3.63) is 59.7 Å². The fourth-order valence-corrected chi connectivity index (χ4v) is 1.94. The molecule has 2 rings (SSSR count). The molecule has 193 valence electrons. The Bertz CT molecular complexity index is 695. The van der Waals surface area contributed by atoms with Crippen molar-refractivity contribution in [2.45, 2.75) is 39.0 Å². The van der Waals surface area contributed by atoms with Crippen molar-refractivity contribution in [3.8, 4) is 11.5 Å². The van der Waals surface area contributed by atoms with E-state index in [-0.39, 0.29) is 50.5 Å². The second-order valence-corrected chi connectivity index (χ2v) is 6.18. The second-order valence-electron chi connectivity index (χ2n) is 6.18. The van der Waals surface area contributed by atoms with Gasteiger partial charge in [-0.25, -0.2) is 0 Å². The maximum atomic E-state index is 10.4. The van der Waals surface area contributed by atoms with Gasteiger partial charge in [-0.2, -0.15) is 0 Å². The van der Waals surface area contributed by atoms with Crippen molar-refractivity contribution < 1.29 is 69.0 Å². The van der Waals surface area contributed by atoms with Crippen LogP contribution in [0.1, 0.15) is 25.0 Å². The van der Waals surface area contributed by atoms with E-state index >= 15 is 0 Å². The van der Waals surface area contributed by atoms with Gasteiger partial charge in [0.05, 0.1) is 11.9 Å². The summed E-state index contributed by atoms with van der Waals surface area (Å²) in [4.78, 5) is 20.7. The molecule has 0 saturated heterocycles. The van der Waals surface area contributed by atoms with Gasteiger partial charge in [-0.05, 0) is 49.2 Å². The first kappa shape index (κ1) is 40.6. The van der Waals surface area contributed by atoms with Crippen LogP contribution in [0.2, 0.25) is 0 Å². The number of hydrogen-bond acceptors (Lipinski definition) is 8. The van der Waals surface area contributed by atoms with Crippen LogP contribution in [0, 0.1) is 0 Å². The summed E-state index contributed by atoms with van der Waals surface area (Å²) in [5.74, 6) is -1.85. The monoisotopic (exact) mass is 523 g/mol. The number of carbonyl (C=O) groups is 2. The molecule has 13 heteroatoms. The van der Waals surface area contributed by atoms with Gasteiger partial charge in [-0.1, -0.05) is 24.3 Å². The van der Waals surface area contributed by atoms with Crippen LogP contribution in [0.25, 0.3) is 0 Å². The fraction of sp³-hybridized carbons (Fsp3) is 0.300. The van der Waals surface area contributed by atoms with E-state index in [2.05, 4.69) is 10.6 Å². The first-order chi connectivity index (χ1) is 13.2. The molecule has 0 unspecified atom stereocenters. The van der Waals surface area contributed by atoms with E-state index in [1.807, 2.05) is 0 Å². The fourth-order valence-electron chi connectivity index (χ4n) is 1.94. The molecule has 1 radical (unpaired) electrons.